The Balaban J connectivity index is 1.78. The third-order valence-corrected chi connectivity index (χ3v) is 6.04. The molecule has 4 amide bonds. The van der Waals surface area contributed by atoms with E-state index in [2.05, 4.69) is 15.4 Å². The zero-order valence-corrected chi connectivity index (χ0v) is 20.2. The highest BCUT2D eigenvalue weighted by atomic mass is 35.5. The predicted molar refractivity (Wildman–Crippen MR) is 124 cm³/mol. The van der Waals surface area contributed by atoms with Crippen molar-refractivity contribution in [3.05, 3.63) is 39.5 Å². The minimum absolute atomic E-state index is 0.00368. The van der Waals surface area contributed by atoms with Crippen molar-refractivity contribution in [1.82, 2.24) is 10.6 Å². The van der Waals surface area contributed by atoms with Crippen molar-refractivity contribution >= 4 is 57.9 Å². The molecule has 37 heavy (non-hydrogen) atoms. The van der Waals surface area contributed by atoms with Gasteiger partial charge in [-0.1, -0.05) is 11.6 Å². The first kappa shape index (κ1) is 28.1. The van der Waals surface area contributed by atoms with Gasteiger partial charge < -0.3 is 30.3 Å². The number of ether oxygens (including phenoxy) is 2. The Labute approximate surface area is 215 Å². The number of hydrogen-bond acceptors (Lipinski definition) is 7. The average molecular weight is 567 g/mol. The van der Waals surface area contributed by atoms with Gasteiger partial charge in [-0.25, -0.2) is 0 Å². The zero-order chi connectivity index (χ0) is 27.1. The molecule has 2 heterocycles. The molecule has 10 nitrogen and oxygen atoms in total. The first-order chi connectivity index (χ1) is 17.5. The summed E-state index contributed by atoms with van der Waals surface area (Å²) >= 11 is 6.70. The number of rotatable bonds is 10. The van der Waals surface area contributed by atoms with Crippen LogP contribution < -0.4 is 25.6 Å². The number of hydrogen-bond donors (Lipinski definition) is 3. The van der Waals surface area contributed by atoms with Crippen LogP contribution in [0.4, 0.5) is 28.9 Å². The van der Waals surface area contributed by atoms with Crippen LogP contribution in [0.5, 0.6) is 5.75 Å². The normalized spacial score (nSPS) is 14.5. The summed E-state index contributed by atoms with van der Waals surface area (Å²) in [7, 11) is 0. The van der Waals surface area contributed by atoms with Gasteiger partial charge in [0.25, 0.3) is 17.7 Å². The van der Waals surface area contributed by atoms with E-state index >= 15 is 0 Å². The third kappa shape index (κ3) is 7.77. The molecule has 2 aromatic rings. The van der Waals surface area contributed by atoms with E-state index in [-0.39, 0.29) is 36.0 Å². The summed E-state index contributed by atoms with van der Waals surface area (Å²) in [5, 5.41) is 6.43. The molecule has 200 valence electrons. The zero-order valence-electron chi connectivity index (χ0n) is 18.6. The molecule has 3 rings (SSSR count). The minimum Gasteiger partial charge on any atom is -0.433 e. The standard InChI is InChI=1S/C21H19ClF4N4O6S/c22-15-4-3-14(37-15)19(33)27-8-11(29-20(34)17(23)24)18(32)28-10-1-2-12(13(7-10)36-21(25)26)30-5-6-35-9-16(30)31/h1-4,7,11,17,21H,5-6,8-9H2,(H,27,33)(H,28,32)(H,29,34)/t11-/m1/s1. The topological polar surface area (TPSA) is 126 Å². The number of carbonyl (C=O) groups is 4. The van der Waals surface area contributed by atoms with Gasteiger partial charge in [0.2, 0.25) is 5.91 Å². The highest BCUT2D eigenvalue weighted by Crippen LogP contribution is 2.33. The molecule has 1 saturated heterocycles. The van der Waals surface area contributed by atoms with Crippen molar-refractivity contribution in [1.29, 1.82) is 0 Å². The molecule has 1 aromatic carbocycles. The van der Waals surface area contributed by atoms with Crippen LogP contribution in [0.3, 0.4) is 0 Å². The first-order valence-electron chi connectivity index (χ1n) is 10.4. The molecule has 0 aliphatic carbocycles. The number of thiophene rings is 1. The van der Waals surface area contributed by atoms with Gasteiger partial charge in [-0.15, -0.1) is 11.3 Å². The monoisotopic (exact) mass is 566 g/mol. The molecule has 1 atom stereocenters. The molecular formula is C21H19ClF4N4O6S. The second-order valence-corrected chi connectivity index (χ2v) is 9.04. The van der Waals surface area contributed by atoms with E-state index in [9.17, 15) is 36.7 Å². The Morgan fingerprint density at radius 2 is 1.89 bits per heavy atom. The molecule has 0 saturated carbocycles. The van der Waals surface area contributed by atoms with Crippen molar-refractivity contribution in [3.8, 4) is 5.75 Å². The number of nitrogens with one attached hydrogen (secondary N) is 3. The average Bonchev–Trinajstić information content (AvgIpc) is 3.28. The predicted octanol–water partition coefficient (Wildman–Crippen LogP) is 2.48. The molecule has 3 N–H and O–H groups in total. The summed E-state index contributed by atoms with van der Waals surface area (Å²) in [5.74, 6) is -4.43. The van der Waals surface area contributed by atoms with Crippen LogP contribution in [-0.2, 0) is 19.1 Å². The Morgan fingerprint density at radius 1 is 1.14 bits per heavy atom. The molecule has 0 unspecified atom stereocenters. The fraction of sp³-hybridized carbons (Fsp3) is 0.333. The number of benzene rings is 1. The summed E-state index contributed by atoms with van der Waals surface area (Å²) in [4.78, 5) is 50.0. The van der Waals surface area contributed by atoms with Crippen molar-refractivity contribution in [2.75, 3.05) is 36.5 Å². The summed E-state index contributed by atoms with van der Waals surface area (Å²) < 4.78 is 61.5. The molecule has 0 spiro atoms. The van der Waals surface area contributed by atoms with Crippen LogP contribution >= 0.6 is 22.9 Å². The second-order valence-electron chi connectivity index (χ2n) is 7.32. The highest BCUT2D eigenvalue weighted by molar-refractivity contribution is 7.18. The van der Waals surface area contributed by atoms with Gasteiger partial charge in [-0.2, -0.15) is 17.6 Å². The quantitative estimate of drug-likeness (QED) is 0.380. The number of nitrogens with zero attached hydrogens (tertiary/aromatic N) is 1. The smallest absolute Gasteiger partial charge is 0.387 e. The van der Waals surface area contributed by atoms with Crippen LogP contribution in [0.2, 0.25) is 4.34 Å². The summed E-state index contributed by atoms with van der Waals surface area (Å²) in [5.41, 5.74) is -0.117. The fourth-order valence-corrected chi connectivity index (χ4v) is 4.13. The van der Waals surface area contributed by atoms with Crippen molar-refractivity contribution in [2.45, 2.75) is 19.1 Å². The Kier molecular flexibility index (Phi) is 9.66. The van der Waals surface area contributed by atoms with Gasteiger partial charge >= 0.3 is 13.0 Å². The number of amides is 4. The Hall–Kier alpha value is -3.43. The number of morpholine rings is 1. The van der Waals surface area contributed by atoms with E-state index in [0.717, 1.165) is 17.4 Å². The highest BCUT2D eigenvalue weighted by Gasteiger charge is 2.28. The van der Waals surface area contributed by atoms with E-state index in [4.69, 9.17) is 16.3 Å². The van der Waals surface area contributed by atoms with Gasteiger partial charge in [0.15, 0.2) is 5.75 Å². The summed E-state index contributed by atoms with van der Waals surface area (Å²) in [6, 6.07) is 4.69. The van der Waals surface area contributed by atoms with Gasteiger partial charge in [-0.05, 0) is 24.3 Å². The van der Waals surface area contributed by atoms with Crippen LogP contribution in [0.25, 0.3) is 0 Å². The lowest BCUT2D eigenvalue weighted by molar-refractivity contribution is -0.134. The van der Waals surface area contributed by atoms with Crippen LogP contribution in [0.1, 0.15) is 9.67 Å². The molecule has 16 heteroatoms. The van der Waals surface area contributed by atoms with Crippen LogP contribution in [0, 0.1) is 0 Å². The Morgan fingerprint density at radius 3 is 2.51 bits per heavy atom. The fourth-order valence-electron chi connectivity index (χ4n) is 3.17. The maximum atomic E-state index is 13.0. The minimum atomic E-state index is -3.45. The van der Waals surface area contributed by atoms with E-state index in [1.807, 2.05) is 5.32 Å². The molecule has 1 aromatic heterocycles. The largest absolute Gasteiger partial charge is 0.433 e. The van der Waals surface area contributed by atoms with Crippen LogP contribution in [-0.4, -0.2) is 69.0 Å². The second kappa shape index (κ2) is 12.7. The van der Waals surface area contributed by atoms with Gasteiger partial charge in [0, 0.05) is 24.8 Å². The summed E-state index contributed by atoms with van der Waals surface area (Å²) in [6.07, 6.45) is -3.45. The van der Waals surface area contributed by atoms with Gasteiger partial charge in [0.1, 0.15) is 12.6 Å². The molecule has 0 bridgehead atoms. The van der Waals surface area contributed by atoms with E-state index in [0.29, 0.717) is 4.34 Å². The number of alkyl halides is 4. The lowest BCUT2D eigenvalue weighted by atomic mass is 10.2. The molecule has 0 radical (unpaired) electrons. The molecule has 1 aliphatic heterocycles. The van der Waals surface area contributed by atoms with Crippen molar-refractivity contribution < 1.29 is 46.2 Å². The van der Waals surface area contributed by atoms with E-state index in [1.165, 1.54) is 29.2 Å². The van der Waals surface area contributed by atoms with Gasteiger partial charge in [0.05, 0.1) is 21.5 Å². The number of carbonyl (C=O) groups excluding carboxylic acids is 4. The van der Waals surface area contributed by atoms with E-state index in [1.54, 1.807) is 0 Å². The van der Waals surface area contributed by atoms with E-state index < -0.39 is 55.0 Å². The SMILES string of the molecule is O=C(NC[C@@H](NC(=O)C(F)F)C(=O)Nc1ccc(N2CCOCC2=O)c(OC(F)F)c1)c1ccc(Cl)s1. The molecular weight excluding hydrogens is 548 g/mol. The lowest BCUT2D eigenvalue weighted by Crippen LogP contribution is -2.52. The first-order valence-corrected chi connectivity index (χ1v) is 11.6. The summed E-state index contributed by atoms with van der Waals surface area (Å²) in [6.45, 7) is -3.88. The number of anilines is 2. The molecule has 1 fully saturated rings. The van der Waals surface area contributed by atoms with Gasteiger partial charge in [-0.3, -0.25) is 19.2 Å². The third-order valence-electron chi connectivity index (χ3n) is 4.81. The number of halogens is 5. The maximum absolute atomic E-state index is 13.0. The maximum Gasteiger partial charge on any atom is 0.387 e. The Bertz CT molecular complexity index is 1170. The van der Waals surface area contributed by atoms with Crippen LogP contribution in [0.15, 0.2) is 30.3 Å². The van der Waals surface area contributed by atoms with Crippen molar-refractivity contribution in [2.24, 2.45) is 0 Å². The van der Waals surface area contributed by atoms with Crippen molar-refractivity contribution in [3.63, 3.8) is 0 Å². The lowest BCUT2D eigenvalue weighted by Gasteiger charge is -2.28. The molecule has 1 aliphatic rings.